The van der Waals surface area contributed by atoms with E-state index in [0.717, 1.165) is 14.7 Å². The van der Waals surface area contributed by atoms with Gasteiger partial charge in [-0.05, 0) is 56.1 Å². The van der Waals surface area contributed by atoms with Crippen LogP contribution < -0.4 is 4.74 Å². The van der Waals surface area contributed by atoms with Crippen molar-refractivity contribution in [1.82, 2.24) is 0 Å². The lowest BCUT2D eigenvalue weighted by Crippen LogP contribution is -1.86. The van der Waals surface area contributed by atoms with Crippen LogP contribution in [-0.4, -0.2) is 0 Å². The summed E-state index contributed by atoms with van der Waals surface area (Å²) in [5, 5.41) is 0.644. The standard InChI is InChI=1S/C12H7Br2ClO/c13-9-3-1-2-4-11(9)16-12-7-8(15)5-6-10(12)14/h1-7H. The molecule has 2 aromatic carbocycles. The number of benzene rings is 2. The summed E-state index contributed by atoms with van der Waals surface area (Å²) in [6, 6.07) is 13.1. The molecular formula is C12H7Br2ClO. The number of para-hydroxylation sites is 1. The summed E-state index contributed by atoms with van der Waals surface area (Å²) in [6.07, 6.45) is 0. The molecule has 0 bridgehead atoms. The zero-order chi connectivity index (χ0) is 11.5. The fourth-order valence-electron chi connectivity index (χ4n) is 1.20. The molecule has 0 fully saturated rings. The first-order valence-electron chi connectivity index (χ1n) is 4.54. The summed E-state index contributed by atoms with van der Waals surface area (Å²) in [4.78, 5) is 0. The maximum absolute atomic E-state index is 5.91. The van der Waals surface area contributed by atoms with Crippen molar-refractivity contribution in [3.63, 3.8) is 0 Å². The van der Waals surface area contributed by atoms with E-state index >= 15 is 0 Å². The van der Waals surface area contributed by atoms with E-state index in [1.807, 2.05) is 30.3 Å². The van der Waals surface area contributed by atoms with Crippen LogP contribution in [0.1, 0.15) is 0 Å². The summed E-state index contributed by atoms with van der Waals surface area (Å²) in [5.74, 6) is 1.45. The summed E-state index contributed by atoms with van der Waals surface area (Å²) in [7, 11) is 0. The van der Waals surface area contributed by atoms with Crippen molar-refractivity contribution in [2.45, 2.75) is 0 Å². The van der Waals surface area contributed by atoms with Crippen molar-refractivity contribution < 1.29 is 4.74 Å². The molecule has 0 spiro atoms. The Hall–Kier alpha value is -0.510. The quantitative estimate of drug-likeness (QED) is 0.670. The molecule has 0 heterocycles. The first-order chi connectivity index (χ1) is 7.66. The topological polar surface area (TPSA) is 9.23 Å². The second kappa shape index (κ2) is 5.21. The van der Waals surface area contributed by atoms with E-state index in [4.69, 9.17) is 16.3 Å². The van der Waals surface area contributed by atoms with Gasteiger partial charge in [0.05, 0.1) is 8.95 Å². The van der Waals surface area contributed by atoms with Gasteiger partial charge in [-0.15, -0.1) is 0 Å². The molecule has 0 unspecified atom stereocenters. The molecule has 1 nitrogen and oxygen atoms in total. The normalized spacial score (nSPS) is 10.2. The van der Waals surface area contributed by atoms with Gasteiger partial charge in [0, 0.05) is 11.1 Å². The van der Waals surface area contributed by atoms with Crippen LogP contribution in [0.15, 0.2) is 51.4 Å². The lowest BCUT2D eigenvalue weighted by Gasteiger charge is -2.09. The minimum absolute atomic E-state index is 0.644. The van der Waals surface area contributed by atoms with Gasteiger partial charge in [-0.1, -0.05) is 23.7 Å². The van der Waals surface area contributed by atoms with Crippen LogP contribution in [0.4, 0.5) is 0 Å². The van der Waals surface area contributed by atoms with Gasteiger partial charge >= 0.3 is 0 Å². The second-order valence-corrected chi connectivity index (χ2v) is 5.25. The van der Waals surface area contributed by atoms with Gasteiger partial charge in [0.25, 0.3) is 0 Å². The number of halogens is 3. The van der Waals surface area contributed by atoms with Gasteiger partial charge in [0.15, 0.2) is 0 Å². The molecular weight excluding hydrogens is 355 g/mol. The van der Waals surface area contributed by atoms with E-state index in [1.54, 1.807) is 12.1 Å². The highest BCUT2D eigenvalue weighted by molar-refractivity contribution is 9.11. The average molecular weight is 362 g/mol. The highest BCUT2D eigenvalue weighted by Crippen LogP contribution is 2.35. The third kappa shape index (κ3) is 2.78. The molecule has 0 aromatic heterocycles. The second-order valence-electron chi connectivity index (χ2n) is 3.11. The predicted molar refractivity (Wildman–Crippen MR) is 73.4 cm³/mol. The Morgan fingerprint density at radius 1 is 0.875 bits per heavy atom. The first kappa shape index (κ1) is 12.0. The van der Waals surface area contributed by atoms with Crippen molar-refractivity contribution >= 4 is 43.5 Å². The SMILES string of the molecule is Clc1ccc(Br)c(Oc2ccccc2Br)c1. The summed E-state index contributed by atoms with van der Waals surface area (Å²) in [5.41, 5.74) is 0. The molecule has 0 aliphatic rings. The van der Waals surface area contributed by atoms with Gasteiger partial charge in [-0.25, -0.2) is 0 Å². The van der Waals surface area contributed by atoms with Crippen molar-refractivity contribution in [2.75, 3.05) is 0 Å². The Bertz CT molecular complexity index is 514. The third-order valence-electron chi connectivity index (χ3n) is 1.95. The largest absolute Gasteiger partial charge is 0.455 e. The van der Waals surface area contributed by atoms with E-state index in [-0.39, 0.29) is 0 Å². The van der Waals surface area contributed by atoms with E-state index in [0.29, 0.717) is 10.8 Å². The molecule has 2 rings (SSSR count). The van der Waals surface area contributed by atoms with Crippen LogP contribution in [0.3, 0.4) is 0 Å². The molecule has 0 radical (unpaired) electrons. The maximum Gasteiger partial charge on any atom is 0.143 e. The Labute approximate surface area is 116 Å². The number of ether oxygens (including phenoxy) is 1. The van der Waals surface area contributed by atoms with Crippen LogP contribution in [0.2, 0.25) is 5.02 Å². The summed E-state index contributed by atoms with van der Waals surface area (Å²) >= 11 is 12.7. The van der Waals surface area contributed by atoms with Gasteiger partial charge in [-0.2, -0.15) is 0 Å². The maximum atomic E-state index is 5.91. The van der Waals surface area contributed by atoms with Gasteiger partial charge in [0.2, 0.25) is 0 Å². The van der Waals surface area contributed by atoms with Crippen LogP contribution in [-0.2, 0) is 0 Å². The smallest absolute Gasteiger partial charge is 0.143 e. The molecule has 0 amide bonds. The minimum Gasteiger partial charge on any atom is -0.455 e. The van der Waals surface area contributed by atoms with Gasteiger partial charge in [0.1, 0.15) is 11.5 Å². The number of rotatable bonds is 2. The lowest BCUT2D eigenvalue weighted by molar-refractivity contribution is 0.476. The molecule has 4 heteroatoms. The lowest BCUT2D eigenvalue weighted by atomic mass is 10.3. The Morgan fingerprint density at radius 3 is 2.31 bits per heavy atom. The van der Waals surface area contributed by atoms with Crippen LogP contribution in [0.5, 0.6) is 11.5 Å². The fourth-order valence-corrected chi connectivity index (χ4v) is 2.06. The fraction of sp³-hybridized carbons (Fsp3) is 0. The molecule has 0 saturated heterocycles. The minimum atomic E-state index is 0.644. The third-order valence-corrected chi connectivity index (χ3v) is 3.50. The van der Waals surface area contributed by atoms with E-state index in [2.05, 4.69) is 31.9 Å². The van der Waals surface area contributed by atoms with Crippen LogP contribution in [0.25, 0.3) is 0 Å². The number of hydrogen-bond acceptors (Lipinski definition) is 1. The van der Waals surface area contributed by atoms with Crippen molar-refractivity contribution in [3.05, 3.63) is 56.4 Å². The van der Waals surface area contributed by atoms with Crippen molar-refractivity contribution in [3.8, 4) is 11.5 Å². The predicted octanol–water partition coefficient (Wildman–Crippen LogP) is 5.66. The van der Waals surface area contributed by atoms with Crippen molar-refractivity contribution in [2.24, 2.45) is 0 Å². The molecule has 2 aromatic rings. The van der Waals surface area contributed by atoms with E-state index < -0.39 is 0 Å². The molecule has 0 N–H and O–H groups in total. The Balaban J connectivity index is 2.34. The van der Waals surface area contributed by atoms with E-state index in [9.17, 15) is 0 Å². The van der Waals surface area contributed by atoms with E-state index in [1.165, 1.54) is 0 Å². The zero-order valence-electron chi connectivity index (χ0n) is 8.08. The summed E-state index contributed by atoms with van der Waals surface area (Å²) < 4.78 is 7.52. The van der Waals surface area contributed by atoms with Crippen LogP contribution in [0, 0.1) is 0 Å². The highest BCUT2D eigenvalue weighted by atomic mass is 79.9. The molecule has 16 heavy (non-hydrogen) atoms. The molecule has 82 valence electrons. The first-order valence-corrected chi connectivity index (χ1v) is 6.50. The molecule has 0 aliphatic heterocycles. The molecule has 0 saturated carbocycles. The Kier molecular flexibility index (Phi) is 3.90. The number of hydrogen-bond donors (Lipinski definition) is 0. The van der Waals surface area contributed by atoms with Gasteiger partial charge in [-0.3, -0.25) is 0 Å². The van der Waals surface area contributed by atoms with Gasteiger partial charge < -0.3 is 4.74 Å². The summed E-state index contributed by atoms with van der Waals surface area (Å²) in [6.45, 7) is 0. The van der Waals surface area contributed by atoms with Crippen LogP contribution >= 0.6 is 43.5 Å². The average Bonchev–Trinajstić information content (AvgIpc) is 2.27. The molecule has 0 atom stereocenters. The zero-order valence-corrected chi connectivity index (χ0v) is 12.0. The highest BCUT2D eigenvalue weighted by Gasteiger charge is 2.05. The Morgan fingerprint density at radius 2 is 1.56 bits per heavy atom. The monoisotopic (exact) mass is 360 g/mol. The molecule has 0 aliphatic carbocycles. The van der Waals surface area contributed by atoms with Crippen molar-refractivity contribution in [1.29, 1.82) is 0 Å².